The normalized spacial score (nSPS) is 25.4. The Morgan fingerprint density at radius 2 is 2.43 bits per heavy atom. The number of allylic oxidation sites excluding steroid dienone is 1. The van der Waals surface area contributed by atoms with Gasteiger partial charge in [-0.2, -0.15) is 0 Å². The van der Waals surface area contributed by atoms with Crippen molar-refractivity contribution in [2.75, 3.05) is 20.8 Å². The Hall–Kier alpha value is -1.29. The third-order valence-corrected chi connectivity index (χ3v) is 2.25. The Kier molecular flexibility index (Phi) is 3.71. The van der Waals surface area contributed by atoms with Gasteiger partial charge in [-0.1, -0.05) is 6.08 Å². The zero-order valence-electron chi connectivity index (χ0n) is 8.37. The Morgan fingerprint density at radius 3 is 3.00 bits per heavy atom. The van der Waals surface area contributed by atoms with Gasteiger partial charge < -0.3 is 14.8 Å². The maximum Gasteiger partial charge on any atom is 0.309 e. The molecule has 77 valence electrons. The van der Waals surface area contributed by atoms with Gasteiger partial charge in [-0.25, -0.2) is 0 Å². The fraction of sp³-hybridized carbons (Fsp3) is 0.500. The first-order valence-corrected chi connectivity index (χ1v) is 4.35. The quantitative estimate of drug-likeness (QED) is 0.652. The van der Waals surface area contributed by atoms with Gasteiger partial charge in [0.05, 0.1) is 13.7 Å². The summed E-state index contributed by atoms with van der Waals surface area (Å²) < 4.78 is 10.5. The molecule has 1 aliphatic carbocycles. The Bertz CT molecular complexity index is 260. The molecule has 1 N–H and O–H groups in total. The van der Waals surface area contributed by atoms with E-state index in [1.54, 1.807) is 20.6 Å². The molecule has 0 heterocycles. The van der Waals surface area contributed by atoms with E-state index >= 15 is 0 Å². The van der Waals surface area contributed by atoms with Crippen LogP contribution in [0.25, 0.3) is 0 Å². The smallest absolute Gasteiger partial charge is 0.309 e. The molecule has 0 saturated heterocycles. The third kappa shape index (κ3) is 2.35. The molecule has 0 spiro atoms. The predicted octanol–water partition coefficient (Wildman–Crippen LogP) is 0.519. The van der Waals surface area contributed by atoms with Crippen molar-refractivity contribution in [3.63, 3.8) is 0 Å². The molecule has 4 nitrogen and oxygen atoms in total. The lowest BCUT2D eigenvalue weighted by Crippen LogP contribution is -2.41. The van der Waals surface area contributed by atoms with Crippen LogP contribution in [0.4, 0.5) is 0 Å². The highest BCUT2D eigenvalue weighted by Gasteiger charge is 2.28. The molecule has 1 aliphatic rings. The molecule has 0 aromatic rings. The van der Waals surface area contributed by atoms with E-state index in [1.807, 2.05) is 18.2 Å². The van der Waals surface area contributed by atoms with Gasteiger partial charge in [0.15, 0.2) is 0 Å². The summed E-state index contributed by atoms with van der Waals surface area (Å²) in [5.74, 6) is 0.741. The Morgan fingerprint density at radius 1 is 1.64 bits per heavy atom. The molecule has 1 rings (SSSR count). The van der Waals surface area contributed by atoms with E-state index in [2.05, 4.69) is 5.32 Å². The van der Waals surface area contributed by atoms with Gasteiger partial charge in [0.1, 0.15) is 11.4 Å². The van der Waals surface area contributed by atoms with Crippen LogP contribution in [0.2, 0.25) is 0 Å². The van der Waals surface area contributed by atoms with Gasteiger partial charge >= 0.3 is 6.41 Å². The minimum atomic E-state index is -0.502. The maximum atomic E-state index is 10.1. The fourth-order valence-corrected chi connectivity index (χ4v) is 1.39. The third-order valence-electron chi connectivity index (χ3n) is 2.25. The number of hydrogen-bond acceptors (Lipinski definition) is 3. The largest absolute Gasteiger partial charge is 0.497 e. The lowest BCUT2D eigenvalue weighted by atomic mass is 9.94. The number of nitrogens with one attached hydrogen (secondary N) is 1. The first-order valence-electron chi connectivity index (χ1n) is 4.35. The number of carbonyl (C=O) groups excluding carboxylic acids is 1. The second-order valence-corrected chi connectivity index (χ2v) is 3.08. The van der Waals surface area contributed by atoms with Crippen LogP contribution in [0.5, 0.6) is 0 Å². The number of methoxy groups -OCH3 is 2. The first-order chi connectivity index (χ1) is 6.76. The average molecular weight is 196 g/mol. The van der Waals surface area contributed by atoms with E-state index < -0.39 is 5.60 Å². The van der Waals surface area contributed by atoms with Crippen molar-refractivity contribution in [3.05, 3.63) is 24.0 Å². The van der Waals surface area contributed by atoms with Gasteiger partial charge in [-0.15, -0.1) is 0 Å². The van der Waals surface area contributed by atoms with Crippen molar-refractivity contribution >= 4 is 6.41 Å². The summed E-state index contributed by atoms with van der Waals surface area (Å²) >= 11 is 0. The van der Waals surface area contributed by atoms with Crippen molar-refractivity contribution < 1.29 is 14.3 Å². The number of amides is 1. The van der Waals surface area contributed by atoms with E-state index in [4.69, 9.17) is 9.47 Å². The molecule has 1 atom stereocenters. The second kappa shape index (κ2) is 4.81. The summed E-state index contributed by atoms with van der Waals surface area (Å²) in [6, 6.07) is 0. The fourth-order valence-electron chi connectivity index (χ4n) is 1.39. The van der Waals surface area contributed by atoms with Crippen LogP contribution < -0.4 is 5.32 Å². The maximum absolute atomic E-state index is 10.1. The first kappa shape index (κ1) is 10.8. The Balaban J connectivity index is 2.74. The van der Waals surface area contributed by atoms with Crippen molar-refractivity contribution in [1.82, 2.24) is 5.32 Å². The SMILES string of the molecule is COC1=CC(CN[C]=O)(OC)CC=C1. The van der Waals surface area contributed by atoms with Crippen LogP contribution in [0.1, 0.15) is 6.42 Å². The van der Waals surface area contributed by atoms with E-state index in [9.17, 15) is 4.79 Å². The lowest BCUT2D eigenvalue weighted by molar-refractivity contribution is 0.0338. The molecule has 1 amide bonds. The molecule has 0 aromatic carbocycles. The van der Waals surface area contributed by atoms with Crippen LogP contribution in [0.3, 0.4) is 0 Å². The topological polar surface area (TPSA) is 47.6 Å². The number of ether oxygens (including phenoxy) is 2. The minimum Gasteiger partial charge on any atom is -0.497 e. The highest BCUT2D eigenvalue weighted by atomic mass is 16.5. The van der Waals surface area contributed by atoms with Crippen molar-refractivity contribution in [3.8, 4) is 0 Å². The van der Waals surface area contributed by atoms with Crippen molar-refractivity contribution in [2.45, 2.75) is 12.0 Å². The molecule has 14 heavy (non-hydrogen) atoms. The van der Waals surface area contributed by atoms with Gasteiger partial charge in [0, 0.05) is 13.5 Å². The minimum absolute atomic E-state index is 0.393. The zero-order valence-corrected chi connectivity index (χ0v) is 8.37. The van der Waals surface area contributed by atoms with Gasteiger partial charge in [-0.3, -0.25) is 4.79 Å². The van der Waals surface area contributed by atoms with Crippen LogP contribution in [0, 0.1) is 0 Å². The van der Waals surface area contributed by atoms with Gasteiger partial charge in [0.2, 0.25) is 0 Å². The summed E-state index contributed by atoms with van der Waals surface area (Å²) in [6.45, 7) is 0.393. The summed E-state index contributed by atoms with van der Waals surface area (Å²) in [6.07, 6.45) is 8.03. The van der Waals surface area contributed by atoms with E-state index in [1.165, 1.54) is 0 Å². The second-order valence-electron chi connectivity index (χ2n) is 3.08. The predicted molar refractivity (Wildman–Crippen MR) is 52.3 cm³/mol. The molecule has 0 aromatic heterocycles. The molecule has 0 aliphatic heterocycles. The highest BCUT2D eigenvalue weighted by molar-refractivity contribution is 5.47. The monoisotopic (exact) mass is 196 g/mol. The van der Waals surface area contributed by atoms with Crippen molar-refractivity contribution in [2.24, 2.45) is 0 Å². The highest BCUT2D eigenvalue weighted by Crippen LogP contribution is 2.24. The van der Waals surface area contributed by atoms with Crippen LogP contribution in [-0.2, 0) is 14.3 Å². The van der Waals surface area contributed by atoms with E-state index in [0.717, 1.165) is 5.76 Å². The zero-order chi connectivity index (χ0) is 10.4. The summed E-state index contributed by atoms with van der Waals surface area (Å²) in [4.78, 5) is 10.1. The molecular weight excluding hydrogens is 182 g/mol. The number of rotatable bonds is 5. The summed E-state index contributed by atoms with van der Waals surface area (Å²) in [5, 5.41) is 2.49. The van der Waals surface area contributed by atoms with Crippen LogP contribution in [-0.4, -0.2) is 32.8 Å². The standard InChI is InChI=1S/C10H14NO3/c1-13-9-4-3-5-10(6-9,14-2)7-11-8-12/h3-4,6H,5,7H2,1-2H3,(H,11,12). The molecule has 0 fully saturated rings. The summed E-state index contributed by atoms with van der Waals surface area (Å²) in [7, 11) is 3.20. The molecule has 0 saturated carbocycles. The van der Waals surface area contributed by atoms with Crippen LogP contribution in [0.15, 0.2) is 24.0 Å². The molecule has 0 bridgehead atoms. The molecule has 4 heteroatoms. The molecular formula is C10H14NO3. The van der Waals surface area contributed by atoms with Crippen LogP contribution >= 0.6 is 0 Å². The molecule has 1 radical (unpaired) electrons. The number of hydrogen-bond donors (Lipinski definition) is 1. The van der Waals surface area contributed by atoms with Crippen molar-refractivity contribution in [1.29, 1.82) is 0 Å². The van der Waals surface area contributed by atoms with Gasteiger partial charge in [-0.05, 0) is 12.2 Å². The van der Waals surface area contributed by atoms with Gasteiger partial charge in [0.25, 0.3) is 0 Å². The molecule has 1 unspecified atom stereocenters. The van der Waals surface area contributed by atoms with E-state index in [-0.39, 0.29) is 0 Å². The average Bonchev–Trinajstić information content (AvgIpc) is 2.26. The van der Waals surface area contributed by atoms with E-state index in [0.29, 0.717) is 13.0 Å². The summed E-state index contributed by atoms with van der Waals surface area (Å²) in [5.41, 5.74) is -0.502. The Labute approximate surface area is 83.6 Å². The lowest BCUT2D eigenvalue weighted by Gasteiger charge is -2.30.